The topological polar surface area (TPSA) is 12.9 Å². The molecule has 0 aliphatic carbocycles. The first-order valence-electron chi connectivity index (χ1n) is 5.96. The van der Waals surface area contributed by atoms with Crippen molar-refractivity contribution in [3.63, 3.8) is 0 Å². The van der Waals surface area contributed by atoms with E-state index in [1.54, 1.807) is 0 Å². The Balaban J connectivity index is 2.35. The molecule has 0 aliphatic heterocycles. The SMILES string of the molecule is Cc1cc2ccccc2c(-c2cc(F)cc(F)c2)n1. The molecule has 0 aliphatic rings. The van der Waals surface area contributed by atoms with Crippen LogP contribution < -0.4 is 0 Å². The minimum atomic E-state index is -0.595. The van der Waals surface area contributed by atoms with E-state index in [2.05, 4.69) is 4.98 Å². The number of hydrogen-bond donors (Lipinski definition) is 0. The summed E-state index contributed by atoms with van der Waals surface area (Å²) in [7, 11) is 0. The van der Waals surface area contributed by atoms with Gasteiger partial charge in [-0.05, 0) is 30.5 Å². The fraction of sp³-hybridized carbons (Fsp3) is 0.0625. The highest BCUT2D eigenvalue weighted by molar-refractivity contribution is 5.94. The van der Waals surface area contributed by atoms with E-state index in [4.69, 9.17) is 0 Å². The van der Waals surface area contributed by atoms with E-state index >= 15 is 0 Å². The Morgan fingerprint density at radius 3 is 2.32 bits per heavy atom. The molecule has 0 saturated carbocycles. The summed E-state index contributed by atoms with van der Waals surface area (Å²) in [5.74, 6) is -1.19. The van der Waals surface area contributed by atoms with Crippen LogP contribution >= 0.6 is 0 Å². The number of fused-ring (bicyclic) bond motifs is 1. The fourth-order valence-corrected chi connectivity index (χ4v) is 2.24. The van der Waals surface area contributed by atoms with Gasteiger partial charge in [-0.1, -0.05) is 24.3 Å². The van der Waals surface area contributed by atoms with Gasteiger partial charge in [0.15, 0.2) is 0 Å². The fourth-order valence-electron chi connectivity index (χ4n) is 2.24. The molecule has 3 rings (SSSR count). The van der Waals surface area contributed by atoms with Crippen molar-refractivity contribution in [2.45, 2.75) is 6.92 Å². The van der Waals surface area contributed by atoms with Crippen molar-refractivity contribution in [1.82, 2.24) is 4.98 Å². The average molecular weight is 255 g/mol. The second kappa shape index (κ2) is 4.43. The molecule has 0 spiro atoms. The third-order valence-corrected chi connectivity index (χ3v) is 3.00. The van der Waals surface area contributed by atoms with E-state index < -0.39 is 11.6 Å². The lowest BCUT2D eigenvalue weighted by molar-refractivity contribution is 0.584. The van der Waals surface area contributed by atoms with Gasteiger partial charge in [-0.2, -0.15) is 0 Å². The summed E-state index contributed by atoms with van der Waals surface area (Å²) in [6, 6.07) is 13.1. The molecule has 3 aromatic rings. The van der Waals surface area contributed by atoms with E-state index in [0.717, 1.165) is 22.5 Å². The zero-order chi connectivity index (χ0) is 13.4. The van der Waals surface area contributed by atoms with Gasteiger partial charge in [0.2, 0.25) is 0 Å². The lowest BCUT2D eigenvalue weighted by atomic mass is 10.0. The molecule has 0 bridgehead atoms. The number of benzene rings is 2. The maximum absolute atomic E-state index is 13.3. The van der Waals surface area contributed by atoms with Gasteiger partial charge in [0.05, 0.1) is 5.69 Å². The van der Waals surface area contributed by atoms with Gasteiger partial charge < -0.3 is 0 Å². The molecule has 1 nitrogen and oxygen atoms in total. The molecule has 2 aromatic carbocycles. The highest BCUT2D eigenvalue weighted by atomic mass is 19.1. The van der Waals surface area contributed by atoms with Gasteiger partial charge in [0.1, 0.15) is 11.6 Å². The first-order valence-corrected chi connectivity index (χ1v) is 5.96. The Hall–Kier alpha value is -2.29. The number of rotatable bonds is 1. The molecular formula is C16H11F2N. The number of halogens is 2. The van der Waals surface area contributed by atoms with E-state index in [0.29, 0.717) is 11.3 Å². The molecule has 0 radical (unpaired) electrons. The van der Waals surface area contributed by atoms with Crippen LogP contribution in [0, 0.1) is 18.6 Å². The molecule has 0 fully saturated rings. The summed E-state index contributed by atoms with van der Waals surface area (Å²) in [6.07, 6.45) is 0. The molecule has 3 heteroatoms. The smallest absolute Gasteiger partial charge is 0.126 e. The van der Waals surface area contributed by atoms with E-state index in [1.165, 1.54) is 12.1 Å². The predicted molar refractivity (Wildman–Crippen MR) is 71.8 cm³/mol. The molecule has 0 saturated heterocycles. The van der Waals surface area contributed by atoms with E-state index in [9.17, 15) is 8.78 Å². The highest BCUT2D eigenvalue weighted by Crippen LogP contribution is 2.28. The zero-order valence-electron chi connectivity index (χ0n) is 10.3. The molecule has 19 heavy (non-hydrogen) atoms. The van der Waals surface area contributed by atoms with Crippen LogP contribution in [0.25, 0.3) is 22.0 Å². The molecule has 0 amide bonds. The van der Waals surface area contributed by atoms with Gasteiger partial charge in [0, 0.05) is 22.7 Å². The van der Waals surface area contributed by atoms with Crippen molar-refractivity contribution >= 4 is 10.8 Å². The van der Waals surface area contributed by atoms with Gasteiger partial charge in [-0.25, -0.2) is 8.78 Å². The zero-order valence-corrected chi connectivity index (χ0v) is 10.3. The van der Waals surface area contributed by atoms with Gasteiger partial charge >= 0.3 is 0 Å². The maximum Gasteiger partial charge on any atom is 0.126 e. The monoisotopic (exact) mass is 255 g/mol. The minimum Gasteiger partial charge on any atom is -0.252 e. The summed E-state index contributed by atoms with van der Waals surface area (Å²) in [5, 5.41) is 1.90. The first kappa shape index (κ1) is 11.8. The third kappa shape index (κ3) is 2.19. The number of aryl methyl sites for hydroxylation is 1. The normalized spacial score (nSPS) is 10.9. The van der Waals surface area contributed by atoms with Crippen molar-refractivity contribution in [2.24, 2.45) is 0 Å². The summed E-state index contributed by atoms with van der Waals surface area (Å²) >= 11 is 0. The summed E-state index contributed by atoms with van der Waals surface area (Å²) in [4.78, 5) is 4.42. The van der Waals surface area contributed by atoms with Crippen molar-refractivity contribution in [1.29, 1.82) is 0 Å². The van der Waals surface area contributed by atoms with Crippen LogP contribution in [0.5, 0.6) is 0 Å². The number of pyridine rings is 1. The van der Waals surface area contributed by atoms with Crippen LogP contribution in [0.15, 0.2) is 48.5 Å². The highest BCUT2D eigenvalue weighted by Gasteiger charge is 2.09. The van der Waals surface area contributed by atoms with Crippen molar-refractivity contribution in [3.8, 4) is 11.3 Å². The van der Waals surface area contributed by atoms with Crippen molar-refractivity contribution < 1.29 is 8.78 Å². The van der Waals surface area contributed by atoms with Gasteiger partial charge in [-0.15, -0.1) is 0 Å². The Bertz CT molecular complexity index is 746. The number of nitrogens with zero attached hydrogens (tertiary/aromatic N) is 1. The van der Waals surface area contributed by atoms with Crippen LogP contribution in [0.1, 0.15) is 5.69 Å². The first-order chi connectivity index (χ1) is 9.13. The Morgan fingerprint density at radius 1 is 0.895 bits per heavy atom. The second-order valence-corrected chi connectivity index (χ2v) is 4.49. The minimum absolute atomic E-state index is 0.456. The van der Waals surface area contributed by atoms with Crippen LogP contribution in [0.4, 0.5) is 8.78 Å². The molecule has 0 unspecified atom stereocenters. The predicted octanol–water partition coefficient (Wildman–Crippen LogP) is 4.49. The third-order valence-electron chi connectivity index (χ3n) is 3.00. The van der Waals surface area contributed by atoms with E-state index in [1.807, 2.05) is 37.3 Å². The quantitative estimate of drug-likeness (QED) is 0.624. The van der Waals surface area contributed by atoms with E-state index in [-0.39, 0.29) is 0 Å². The van der Waals surface area contributed by atoms with Crippen molar-refractivity contribution in [3.05, 3.63) is 65.9 Å². The largest absolute Gasteiger partial charge is 0.252 e. The molecule has 0 N–H and O–H groups in total. The second-order valence-electron chi connectivity index (χ2n) is 4.49. The van der Waals surface area contributed by atoms with Crippen LogP contribution in [0.2, 0.25) is 0 Å². The maximum atomic E-state index is 13.3. The summed E-state index contributed by atoms with van der Waals surface area (Å²) in [6.45, 7) is 1.87. The molecule has 1 heterocycles. The lowest BCUT2D eigenvalue weighted by Crippen LogP contribution is -1.91. The van der Waals surface area contributed by atoms with Crippen LogP contribution in [-0.4, -0.2) is 4.98 Å². The molecule has 94 valence electrons. The molecular weight excluding hydrogens is 244 g/mol. The average Bonchev–Trinajstić information content (AvgIpc) is 2.36. The van der Waals surface area contributed by atoms with Gasteiger partial charge in [0.25, 0.3) is 0 Å². The Labute approximate surface area is 109 Å². The van der Waals surface area contributed by atoms with Crippen molar-refractivity contribution in [2.75, 3.05) is 0 Å². The molecule has 0 atom stereocenters. The van der Waals surface area contributed by atoms with Crippen LogP contribution in [-0.2, 0) is 0 Å². The summed E-state index contributed by atoms with van der Waals surface area (Å²) in [5.41, 5.74) is 1.88. The Morgan fingerprint density at radius 2 is 1.58 bits per heavy atom. The number of hydrogen-bond acceptors (Lipinski definition) is 1. The number of aromatic nitrogens is 1. The summed E-state index contributed by atoms with van der Waals surface area (Å²) < 4.78 is 26.7. The van der Waals surface area contributed by atoms with Gasteiger partial charge in [-0.3, -0.25) is 4.98 Å². The standard InChI is InChI=1S/C16H11F2N/c1-10-6-11-4-2-3-5-15(11)16(19-10)12-7-13(17)9-14(18)8-12/h2-9H,1H3. The van der Waals surface area contributed by atoms with Crippen LogP contribution in [0.3, 0.4) is 0 Å². The Kier molecular flexibility index (Phi) is 2.75. The lowest BCUT2D eigenvalue weighted by Gasteiger charge is -2.08. The molecule has 1 aromatic heterocycles.